The molecule has 0 saturated carbocycles. The summed E-state index contributed by atoms with van der Waals surface area (Å²) in [6.07, 6.45) is 3.19. The van der Waals surface area contributed by atoms with Gasteiger partial charge < -0.3 is 10.2 Å². The third kappa shape index (κ3) is 1.70. The minimum atomic E-state index is -0.384. The van der Waals surface area contributed by atoms with E-state index >= 15 is 0 Å². The van der Waals surface area contributed by atoms with Crippen LogP contribution in [0.1, 0.15) is 5.82 Å². The zero-order valence-corrected chi connectivity index (χ0v) is 5.60. The van der Waals surface area contributed by atoms with Crippen LogP contribution in [-0.2, 0) is 0 Å². The molecule has 1 aromatic rings. The van der Waals surface area contributed by atoms with Gasteiger partial charge >= 0.3 is 0 Å². The Morgan fingerprint density at radius 3 is 2.45 bits per heavy atom. The maximum atomic E-state index is 8.87. The van der Waals surface area contributed by atoms with Crippen LogP contribution in [0.5, 0.6) is 0 Å². The molecule has 0 bridgehead atoms. The predicted molar refractivity (Wildman–Crippen MR) is 40.7 cm³/mol. The lowest BCUT2D eigenvalue weighted by Crippen LogP contribution is -2.06. The topological polar surface area (TPSA) is 66.2 Å². The van der Waals surface area contributed by atoms with Gasteiger partial charge in [0.05, 0.1) is 0 Å². The van der Waals surface area contributed by atoms with Gasteiger partial charge in [-0.3, -0.25) is 0 Å². The standard InChI is InChI=1S/C6H5BN2O2/c7-4-1-8-6(9-2-4)5(11)3-10/h1-3,10-11H/b5-3-. The van der Waals surface area contributed by atoms with Crippen molar-refractivity contribution in [2.45, 2.75) is 0 Å². The minimum Gasteiger partial charge on any atom is -0.512 e. The van der Waals surface area contributed by atoms with Crippen LogP contribution in [0.2, 0.25) is 0 Å². The summed E-state index contributed by atoms with van der Waals surface area (Å²) in [6, 6.07) is 0. The van der Waals surface area contributed by atoms with Gasteiger partial charge in [-0.25, -0.2) is 9.97 Å². The van der Waals surface area contributed by atoms with Crippen molar-refractivity contribution in [1.82, 2.24) is 9.97 Å². The Balaban J connectivity index is 2.99. The van der Waals surface area contributed by atoms with E-state index in [1.807, 2.05) is 0 Å². The van der Waals surface area contributed by atoms with Crippen LogP contribution >= 0.6 is 0 Å². The fourth-order valence-electron chi connectivity index (χ4n) is 0.528. The van der Waals surface area contributed by atoms with Crippen LogP contribution < -0.4 is 5.46 Å². The molecule has 2 N–H and O–H groups in total. The molecule has 0 aromatic carbocycles. The summed E-state index contributed by atoms with van der Waals surface area (Å²) in [6.45, 7) is 0. The van der Waals surface area contributed by atoms with E-state index in [0.717, 1.165) is 0 Å². The average molecular weight is 148 g/mol. The molecule has 2 radical (unpaired) electrons. The van der Waals surface area contributed by atoms with Gasteiger partial charge in [0.1, 0.15) is 14.1 Å². The van der Waals surface area contributed by atoms with Gasteiger partial charge in [0.15, 0.2) is 11.6 Å². The van der Waals surface area contributed by atoms with E-state index in [9.17, 15) is 0 Å². The van der Waals surface area contributed by atoms with Gasteiger partial charge in [0.25, 0.3) is 0 Å². The third-order valence-corrected chi connectivity index (χ3v) is 1.02. The van der Waals surface area contributed by atoms with E-state index in [0.29, 0.717) is 11.7 Å². The Kier molecular flexibility index (Phi) is 2.10. The number of hydrogen-bond acceptors (Lipinski definition) is 4. The molecule has 5 heteroatoms. The van der Waals surface area contributed by atoms with Crippen molar-refractivity contribution in [3.63, 3.8) is 0 Å². The lowest BCUT2D eigenvalue weighted by Gasteiger charge is -1.95. The average Bonchev–Trinajstić information content (AvgIpc) is 2.05. The van der Waals surface area contributed by atoms with E-state index < -0.39 is 0 Å². The molecule has 1 heterocycles. The lowest BCUT2D eigenvalue weighted by molar-refractivity contribution is 0.428. The fraction of sp³-hybridized carbons (Fsp3) is 0. The molecule has 1 aromatic heterocycles. The van der Waals surface area contributed by atoms with Crippen molar-refractivity contribution < 1.29 is 10.2 Å². The number of rotatable bonds is 1. The van der Waals surface area contributed by atoms with Crippen LogP contribution in [0.15, 0.2) is 18.7 Å². The zero-order chi connectivity index (χ0) is 8.27. The zero-order valence-electron chi connectivity index (χ0n) is 5.60. The van der Waals surface area contributed by atoms with Crippen LogP contribution in [0.25, 0.3) is 5.76 Å². The van der Waals surface area contributed by atoms with Gasteiger partial charge in [-0.1, -0.05) is 5.46 Å². The Morgan fingerprint density at radius 2 is 2.00 bits per heavy atom. The molecular formula is C6H5BN2O2. The molecule has 0 spiro atoms. The van der Waals surface area contributed by atoms with Crippen molar-refractivity contribution in [2.75, 3.05) is 0 Å². The number of aliphatic hydroxyl groups is 2. The Bertz CT molecular complexity index is 270. The van der Waals surface area contributed by atoms with E-state index in [2.05, 4.69) is 9.97 Å². The van der Waals surface area contributed by atoms with Crippen molar-refractivity contribution in [2.24, 2.45) is 0 Å². The molecular weight excluding hydrogens is 143 g/mol. The number of aliphatic hydroxyl groups excluding tert-OH is 2. The van der Waals surface area contributed by atoms with Crippen molar-refractivity contribution >= 4 is 19.1 Å². The molecule has 0 amide bonds. The summed E-state index contributed by atoms with van der Waals surface area (Å²) in [5.41, 5.74) is 0.402. The van der Waals surface area contributed by atoms with Crippen molar-refractivity contribution in [3.05, 3.63) is 24.5 Å². The molecule has 0 aliphatic heterocycles. The highest BCUT2D eigenvalue weighted by Crippen LogP contribution is 1.99. The van der Waals surface area contributed by atoms with Crippen LogP contribution in [0.4, 0.5) is 0 Å². The van der Waals surface area contributed by atoms with Gasteiger partial charge in [-0.2, -0.15) is 0 Å². The molecule has 4 nitrogen and oxygen atoms in total. The first-order chi connectivity index (χ1) is 5.24. The van der Waals surface area contributed by atoms with E-state index in [-0.39, 0.29) is 11.6 Å². The molecule has 0 saturated heterocycles. The predicted octanol–water partition coefficient (Wildman–Crippen LogP) is -0.315. The van der Waals surface area contributed by atoms with Gasteiger partial charge in [-0.15, -0.1) is 0 Å². The van der Waals surface area contributed by atoms with Gasteiger partial charge in [-0.05, 0) is 0 Å². The highest BCUT2D eigenvalue weighted by atomic mass is 16.3. The highest BCUT2D eigenvalue weighted by Gasteiger charge is 1.99. The summed E-state index contributed by atoms with van der Waals surface area (Å²) >= 11 is 0. The van der Waals surface area contributed by atoms with E-state index in [1.165, 1.54) is 12.4 Å². The summed E-state index contributed by atoms with van der Waals surface area (Å²) < 4.78 is 0. The second kappa shape index (κ2) is 3.05. The summed E-state index contributed by atoms with van der Waals surface area (Å²) in [5, 5.41) is 17.2. The molecule has 0 atom stereocenters. The Morgan fingerprint density at radius 1 is 1.45 bits per heavy atom. The largest absolute Gasteiger partial charge is 0.512 e. The second-order valence-electron chi connectivity index (χ2n) is 1.85. The van der Waals surface area contributed by atoms with Gasteiger partial charge in [0.2, 0.25) is 0 Å². The number of hydrogen-bond donors (Lipinski definition) is 2. The summed E-state index contributed by atoms with van der Waals surface area (Å²) in [4.78, 5) is 7.27. The van der Waals surface area contributed by atoms with E-state index in [4.69, 9.17) is 18.1 Å². The first-order valence-electron chi connectivity index (χ1n) is 2.85. The first-order valence-corrected chi connectivity index (χ1v) is 2.85. The lowest BCUT2D eigenvalue weighted by atomic mass is 10.0. The van der Waals surface area contributed by atoms with Crippen LogP contribution in [0, 0.1) is 0 Å². The normalized spacial score (nSPS) is 11.5. The summed E-state index contributed by atoms with van der Waals surface area (Å²) in [5.74, 6) is -0.341. The Hall–Kier alpha value is -1.52. The van der Waals surface area contributed by atoms with Crippen LogP contribution in [-0.4, -0.2) is 28.0 Å². The van der Waals surface area contributed by atoms with E-state index in [1.54, 1.807) is 0 Å². The second-order valence-corrected chi connectivity index (χ2v) is 1.85. The fourth-order valence-corrected chi connectivity index (χ4v) is 0.528. The third-order valence-electron chi connectivity index (χ3n) is 1.02. The molecule has 0 aliphatic rings. The molecule has 1 rings (SSSR count). The molecule has 0 aliphatic carbocycles. The molecule has 54 valence electrons. The highest BCUT2D eigenvalue weighted by molar-refractivity contribution is 6.31. The first kappa shape index (κ1) is 7.59. The minimum absolute atomic E-state index is 0.0432. The molecule has 0 fully saturated rings. The number of aromatic nitrogens is 2. The van der Waals surface area contributed by atoms with Crippen molar-refractivity contribution in [3.8, 4) is 0 Å². The van der Waals surface area contributed by atoms with Crippen molar-refractivity contribution in [1.29, 1.82) is 0 Å². The maximum Gasteiger partial charge on any atom is 0.197 e. The quantitative estimate of drug-likeness (QED) is 0.423. The molecule has 0 unspecified atom stereocenters. The molecule has 11 heavy (non-hydrogen) atoms. The Labute approximate surface area is 64.7 Å². The smallest absolute Gasteiger partial charge is 0.197 e. The monoisotopic (exact) mass is 148 g/mol. The van der Waals surface area contributed by atoms with Gasteiger partial charge in [0, 0.05) is 12.4 Å². The van der Waals surface area contributed by atoms with Crippen LogP contribution in [0.3, 0.4) is 0 Å². The summed E-state index contributed by atoms with van der Waals surface area (Å²) in [7, 11) is 5.28. The maximum absolute atomic E-state index is 8.87. The number of nitrogens with zero attached hydrogens (tertiary/aromatic N) is 2. The SMILES string of the molecule is [B]c1cnc(/C(O)=C/O)nc1.